The molecule has 2 rings (SSSR count). The average Bonchev–Trinajstić information content (AvgIpc) is 2.86. The fourth-order valence-corrected chi connectivity index (χ4v) is 1.86. The second-order valence-corrected chi connectivity index (χ2v) is 5.32. The van der Waals surface area contributed by atoms with Gasteiger partial charge in [0.05, 0.1) is 0 Å². The quantitative estimate of drug-likeness (QED) is 0.907. The van der Waals surface area contributed by atoms with Gasteiger partial charge in [-0.2, -0.15) is 4.98 Å². The van der Waals surface area contributed by atoms with Crippen molar-refractivity contribution < 1.29 is 9.26 Å². The van der Waals surface area contributed by atoms with Gasteiger partial charge < -0.3 is 15.0 Å². The highest BCUT2D eigenvalue weighted by Gasteiger charge is 2.12. The van der Waals surface area contributed by atoms with E-state index in [9.17, 15) is 0 Å². The van der Waals surface area contributed by atoms with Crippen molar-refractivity contribution in [3.05, 3.63) is 41.0 Å². The lowest BCUT2D eigenvalue weighted by atomic mass is 10.1. The minimum atomic E-state index is -0.0844. The summed E-state index contributed by atoms with van der Waals surface area (Å²) < 4.78 is 10.9. The zero-order valence-electron chi connectivity index (χ0n) is 12.4. The highest BCUT2D eigenvalue weighted by atomic mass is 16.5. The lowest BCUT2D eigenvalue weighted by Crippen LogP contribution is -2.08. The monoisotopic (exact) mass is 275 g/mol. The van der Waals surface area contributed by atoms with Gasteiger partial charge in [-0.1, -0.05) is 36.7 Å². The van der Waals surface area contributed by atoms with Crippen LogP contribution < -0.4 is 10.5 Å². The smallest absolute Gasteiger partial charge is 0.264 e. The summed E-state index contributed by atoms with van der Waals surface area (Å²) in [6.45, 7) is 8.25. The fraction of sp³-hybridized carbons (Fsp3) is 0.467. The molecule has 0 aliphatic rings. The van der Waals surface area contributed by atoms with E-state index in [4.69, 9.17) is 15.0 Å². The Morgan fingerprint density at radius 2 is 2.05 bits per heavy atom. The molecule has 0 spiro atoms. The average molecular weight is 275 g/mol. The maximum absolute atomic E-state index is 5.96. The van der Waals surface area contributed by atoms with Gasteiger partial charge in [0.1, 0.15) is 5.75 Å². The molecular formula is C15H21N3O2. The van der Waals surface area contributed by atoms with E-state index in [2.05, 4.69) is 10.1 Å². The molecule has 1 aromatic carbocycles. The molecule has 5 heteroatoms. The predicted molar refractivity (Wildman–Crippen MR) is 76.5 cm³/mol. The van der Waals surface area contributed by atoms with Gasteiger partial charge in [0, 0.05) is 17.5 Å². The van der Waals surface area contributed by atoms with E-state index in [1.165, 1.54) is 0 Å². The van der Waals surface area contributed by atoms with Gasteiger partial charge in [-0.05, 0) is 19.9 Å². The van der Waals surface area contributed by atoms with Gasteiger partial charge in [-0.15, -0.1) is 0 Å². The third kappa shape index (κ3) is 3.36. The van der Waals surface area contributed by atoms with E-state index in [1.807, 2.05) is 45.9 Å². The minimum absolute atomic E-state index is 0.0844. The number of rotatable bonds is 5. The molecule has 1 heterocycles. The van der Waals surface area contributed by atoms with Gasteiger partial charge in [0.15, 0.2) is 12.4 Å². The molecule has 1 aromatic heterocycles. The third-order valence-electron chi connectivity index (χ3n) is 3.01. The number of aromatic nitrogens is 2. The van der Waals surface area contributed by atoms with Crippen LogP contribution in [0.2, 0.25) is 0 Å². The Kier molecular flexibility index (Phi) is 4.39. The van der Waals surface area contributed by atoms with Crippen molar-refractivity contribution in [2.24, 2.45) is 5.73 Å². The maximum atomic E-state index is 5.96. The highest BCUT2D eigenvalue weighted by Crippen LogP contribution is 2.25. The van der Waals surface area contributed by atoms with E-state index in [0.29, 0.717) is 11.7 Å². The zero-order valence-corrected chi connectivity index (χ0v) is 12.4. The molecule has 2 aromatic rings. The standard InChI is InChI=1S/C15H21N3O2/c1-9(2)15-17-14(20-18-15)8-19-13-6-5-10(3)7-12(13)11(4)16/h5-7,9,11H,8,16H2,1-4H3/t11-/m0/s1. The summed E-state index contributed by atoms with van der Waals surface area (Å²) in [7, 11) is 0. The SMILES string of the molecule is Cc1ccc(OCc2nc(C(C)C)no2)c([C@H](C)N)c1. The molecule has 0 saturated carbocycles. The Labute approximate surface area is 119 Å². The van der Waals surface area contributed by atoms with Crippen molar-refractivity contribution in [2.75, 3.05) is 0 Å². The first-order valence-electron chi connectivity index (χ1n) is 6.78. The highest BCUT2D eigenvalue weighted by molar-refractivity contribution is 5.38. The van der Waals surface area contributed by atoms with E-state index >= 15 is 0 Å². The molecule has 1 atom stereocenters. The first-order valence-corrected chi connectivity index (χ1v) is 6.78. The van der Waals surface area contributed by atoms with Crippen molar-refractivity contribution in [2.45, 2.75) is 46.3 Å². The van der Waals surface area contributed by atoms with Crippen LogP contribution >= 0.6 is 0 Å². The van der Waals surface area contributed by atoms with Crippen LogP contribution in [0.3, 0.4) is 0 Å². The Bertz CT molecular complexity index is 576. The number of hydrogen-bond acceptors (Lipinski definition) is 5. The number of hydrogen-bond donors (Lipinski definition) is 1. The predicted octanol–water partition coefficient (Wildman–Crippen LogP) is 3.10. The largest absolute Gasteiger partial charge is 0.483 e. The third-order valence-corrected chi connectivity index (χ3v) is 3.01. The Morgan fingerprint density at radius 1 is 1.30 bits per heavy atom. The summed E-state index contributed by atoms with van der Waals surface area (Å²) in [6, 6.07) is 5.87. The Morgan fingerprint density at radius 3 is 2.65 bits per heavy atom. The molecule has 2 N–H and O–H groups in total. The molecule has 0 radical (unpaired) electrons. The van der Waals surface area contributed by atoms with Crippen molar-refractivity contribution in [1.29, 1.82) is 0 Å². The molecule has 0 unspecified atom stereocenters. The van der Waals surface area contributed by atoms with Gasteiger partial charge in [-0.3, -0.25) is 0 Å². The van der Waals surface area contributed by atoms with Gasteiger partial charge in [0.25, 0.3) is 5.89 Å². The molecule has 20 heavy (non-hydrogen) atoms. The first kappa shape index (κ1) is 14.5. The minimum Gasteiger partial charge on any atom is -0.483 e. The van der Waals surface area contributed by atoms with Gasteiger partial charge >= 0.3 is 0 Å². The second-order valence-electron chi connectivity index (χ2n) is 5.32. The topological polar surface area (TPSA) is 74.2 Å². The fourth-order valence-electron chi connectivity index (χ4n) is 1.86. The lowest BCUT2D eigenvalue weighted by molar-refractivity contribution is 0.240. The number of benzene rings is 1. The van der Waals surface area contributed by atoms with Crippen molar-refractivity contribution in [1.82, 2.24) is 10.1 Å². The molecule has 0 saturated heterocycles. The van der Waals surface area contributed by atoms with Gasteiger partial charge in [0.2, 0.25) is 0 Å². The van der Waals surface area contributed by atoms with Crippen LogP contribution in [0.4, 0.5) is 0 Å². The molecule has 108 valence electrons. The maximum Gasteiger partial charge on any atom is 0.264 e. The Hall–Kier alpha value is -1.88. The van der Waals surface area contributed by atoms with Crippen LogP contribution in [0.5, 0.6) is 5.75 Å². The summed E-state index contributed by atoms with van der Waals surface area (Å²) in [5, 5.41) is 3.91. The summed E-state index contributed by atoms with van der Waals surface area (Å²) in [6.07, 6.45) is 0. The zero-order chi connectivity index (χ0) is 14.7. The number of ether oxygens (including phenoxy) is 1. The lowest BCUT2D eigenvalue weighted by Gasteiger charge is -2.13. The molecule has 0 fully saturated rings. The normalized spacial score (nSPS) is 12.7. The second kappa shape index (κ2) is 6.05. The van der Waals surface area contributed by atoms with Crippen molar-refractivity contribution in [3.8, 4) is 5.75 Å². The van der Waals surface area contributed by atoms with Gasteiger partial charge in [-0.25, -0.2) is 0 Å². The van der Waals surface area contributed by atoms with Crippen LogP contribution in [0, 0.1) is 6.92 Å². The van der Waals surface area contributed by atoms with Crippen LogP contribution in [0.15, 0.2) is 22.7 Å². The molecule has 0 bridgehead atoms. The molecule has 0 aliphatic heterocycles. The number of aryl methyl sites for hydroxylation is 1. The van der Waals surface area contributed by atoms with Crippen molar-refractivity contribution in [3.63, 3.8) is 0 Å². The first-order chi connectivity index (χ1) is 9.47. The van der Waals surface area contributed by atoms with Crippen LogP contribution in [0.1, 0.15) is 55.6 Å². The number of nitrogens with two attached hydrogens (primary N) is 1. The molecular weight excluding hydrogens is 254 g/mol. The van der Waals surface area contributed by atoms with E-state index in [1.54, 1.807) is 0 Å². The molecule has 0 aliphatic carbocycles. The van der Waals surface area contributed by atoms with Crippen LogP contribution in [-0.4, -0.2) is 10.1 Å². The Balaban J connectivity index is 2.10. The summed E-state index contributed by atoms with van der Waals surface area (Å²) >= 11 is 0. The van der Waals surface area contributed by atoms with Crippen molar-refractivity contribution >= 4 is 0 Å². The summed E-state index contributed by atoms with van der Waals surface area (Å²) in [5.74, 6) is 2.17. The molecule has 5 nitrogen and oxygen atoms in total. The summed E-state index contributed by atoms with van der Waals surface area (Å²) in [4.78, 5) is 4.28. The van der Waals surface area contributed by atoms with E-state index in [0.717, 1.165) is 16.9 Å². The van der Waals surface area contributed by atoms with Crippen LogP contribution in [-0.2, 0) is 6.61 Å². The van der Waals surface area contributed by atoms with E-state index < -0.39 is 0 Å². The van der Waals surface area contributed by atoms with E-state index in [-0.39, 0.29) is 18.6 Å². The van der Waals surface area contributed by atoms with Crippen LogP contribution in [0.25, 0.3) is 0 Å². The number of nitrogens with zero attached hydrogens (tertiary/aromatic N) is 2. The summed E-state index contributed by atoms with van der Waals surface area (Å²) in [5.41, 5.74) is 8.10. The molecule has 0 amide bonds.